The summed E-state index contributed by atoms with van der Waals surface area (Å²) in [4.78, 5) is 23.3. The summed E-state index contributed by atoms with van der Waals surface area (Å²) in [7, 11) is 1.35. The van der Waals surface area contributed by atoms with E-state index in [1.807, 2.05) is 12.2 Å². The van der Waals surface area contributed by atoms with Gasteiger partial charge in [-0.15, -0.1) is 0 Å². The Kier molecular flexibility index (Phi) is 4.76. The molecule has 0 saturated heterocycles. The normalized spacial score (nSPS) is 23.3. The van der Waals surface area contributed by atoms with Gasteiger partial charge in [0.2, 0.25) is 0 Å². The lowest BCUT2D eigenvalue weighted by atomic mass is 9.90. The Morgan fingerprint density at radius 1 is 1.33 bits per heavy atom. The molecule has 0 spiro atoms. The SMILES string of the molecule is COC(=O)[C@H]1CCC=C[C@@H]1NC(=O)OC(C)(C)C. The largest absolute Gasteiger partial charge is 0.469 e. The lowest BCUT2D eigenvalue weighted by Crippen LogP contribution is -2.45. The van der Waals surface area contributed by atoms with E-state index in [4.69, 9.17) is 9.47 Å². The van der Waals surface area contributed by atoms with E-state index in [0.29, 0.717) is 6.42 Å². The summed E-state index contributed by atoms with van der Waals surface area (Å²) in [5.41, 5.74) is -0.552. The van der Waals surface area contributed by atoms with Crippen molar-refractivity contribution in [1.29, 1.82) is 0 Å². The monoisotopic (exact) mass is 255 g/mol. The molecule has 1 aliphatic carbocycles. The van der Waals surface area contributed by atoms with Crippen LogP contribution >= 0.6 is 0 Å². The van der Waals surface area contributed by atoms with Crippen LogP contribution in [-0.2, 0) is 14.3 Å². The van der Waals surface area contributed by atoms with E-state index in [0.717, 1.165) is 6.42 Å². The number of esters is 1. The van der Waals surface area contributed by atoms with Gasteiger partial charge in [-0.1, -0.05) is 12.2 Å². The minimum absolute atomic E-state index is 0.305. The Hall–Kier alpha value is -1.52. The molecule has 102 valence electrons. The van der Waals surface area contributed by atoms with Gasteiger partial charge < -0.3 is 14.8 Å². The molecule has 0 unspecified atom stereocenters. The molecule has 18 heavy (non-hydrogen) atoms. The fourth-order valence-corrected chi connectivity index (χ4v) is 1.84. The highest BCUT2D eigenvalue weighted by Crippen LogP contribution is 2.20. The lowest BCUT2D eigenvalue weighted by Gasteiger charge is -2.28. The number of hydrogen-bond donors (Lipinski definition) is 1. The third-order valence-electron chi connectivity index (χ3n) is 2.61. The summed E-state index contributed by atoms with van der Waals surface area (Å²) >= 11 is 0. The minimum atomic E-state index is -0.552. The first-order chi connectivity index (χ1) is 8.33. The molecule has 1 N–H and O–H groups in total. The molecule has 5 heteroatoms. The van der Waals surface area contributed by atoms with Crippen molar-refractivity contribution in [1.82, 2.24) is 5.32 Å². The molecule has 1 aliphatic rings. The van der Waals surface area contributed by atoms with Gasteiger partial charge in [-0.05, 0) is 33.6 Å². The van der Waals surface area contributed by atoms with Gasteiger partial charge in [-0.3, -0.25) is 4.79 Å². The quantitative estimate of drug-likeness (QED) is 0.605. The second kappa shape index (κ2) is 5.89. The maximum atomic E-state index is 11.7. The van der Waals surface area contributed by atoms with Crippen LogP contribution in [0.5, 0.6) is 0 Å². The van der Waals surface area contributed by atoms with E-state index in [1.54, 1.807) is 20.8 Å². The van der Waals surface area contributed by atoms with Crippen molar-refractivity contribution in [2.45, 2.75) is 45.3 Å². The third kappa shape index (κ3) is 4.39. The van der Waals surface area contributed by atoms with Gasteiger partial charge in [0.15, 0.2) is 0 Å². The maximum absolute atomic E-state index is 11.7. The van der Waals surface area contributed by atoms with Crippen molar-refractivity contribution in [2.24, 2.45) is 5.92 Å². The summed E-state index contributed by atoms with van der Waals surface area (Å²) in [6, 6.07) is -0.360. The van der Waals surface area contributed by atoms with Crippen molar-refractivity contribution in [3.63, 3.8) is 0 Å². The number of methoxy groups -OCH3 is 1. The summed E-state index contributed by atoms with van der Waals surface area (Å²) in [6.07, 6.45) is 4.72. The minimum Gasteiger partial charge on any atom is -0.469 e. The van der Waals surface area contributed by atoms with Crippen molar-refractivity contribution >= 4 is 12.1 Å². The second-order valence-corrected chi connectivity index (χ2v) is 5.31. The standard InChI is InChI=1S/C13H21NO4/c1-13(2,3)18-12(16)14-10-8-6-5-7-9(10)11(15)17-4/h6,8-10H,5,7H2,1-4H3,(H,14,16)/t9-,10-/m0/s1. The zero-order valence-corrected chi connectivity index (χ0v) is 11.4. The average Bonchev–Trinajstić information content (AvgIpc) is 2.26. The molecule has 0 heterocycles. The van der Waals surface area contributed by atoms with Crippen LogP contribution < -0.4 is 5.32 Å². The van der Waals surface area contributed by atoms with Crippen molar-refractivity contribution < 1.29 is 19.1 Å². The van der Waals surface area contributed by atoms with Gasteiger partial charge in [0.1, 0.15) is 5.60 Å². The highest BCUT2D eigenvalue weighted by molar-refractivity contribution is 5.76. The van der Waals surface area contributed by atoms with Crippen LogP contribution in [-0.4, -0.2) is 30.8 Å². The molecular formula is C13H21NO4. The van der Waals surface area contributed by atoms with Crippen LogP contribution in [0.3, 0.4) is 0 Å². The molecule has 2 atom stereocenters. The van der Waals surface area contributed by atoms with Crippen molar-refractivity contribution in [3.8, 4) is 0 Å². The van der Waals surface area contributed by atoms with Crippen LogP contribution in [0.2, 0.25) is 0 Å². The topological polar surface area (TPSA) is 64.6 Å². The van der Waals surface area contributed by atoms with E-state index in [2.05, 4.69) is 5.32 Å². The molecule has 0 aromatic heterocycles. The number of carbonyl (C=O) groups excluding carboxylic acids is 2. The van der Waals surface area contributed by atoms with Gasteiger partial charge >= 0.3 is 12.1 Å². The molecular weight excluding hydrogens is 234 g/mol. The number of ether oxygens (including phenoxy) is 2. The molecule has 5 nitrogen and oxygen atoms in total. The zero-order chi connectivity index (χ0) is 13.8. The highest BCUT2D eigenvalue weighted by atomic mass is 16.6. The fraction of sp³-hybridized carbons (Fsp3) is 0.692. The number of allylic oxidation sites excluding steroid dienone is 1. The Labute approximate surface area is 108 Å². The molecule has 0 radical (unpaired) electrons. The number of nitrogens with one attached hydrogen (secondary N) is 1. The molecule has 1 rings (SSSR count). The van der Waals surface area contributed by atoms with E-state index in [1.165, 1.54) is 7.11 Å². The first kappa shape index (κ1) is 14.5. The van der Waals surface area contributed by atoms with Gasteiger partial charge in [-0.2, -0.15) is 0 Å². The van der Waals surface area contributed by atoms with E-state index in [9.17, 15) is 9.59 Å². The predicted molar refractivity (Wildman–Crippen MR) is 67.0 cm³/mol. The van der Waals surface area contributed by atoms with Gasteiger partial charge in [0.25, 0.3) is 0 Å². The number of carbonyl (C=O) groups is 2. The average molecular weight is 255 g/mol. The molecule has 0 bridgehead atoms. The Bertz CT molecular complexity index is 343. The number of hydrogen-bond acceptors (Lipinski definition) is 4. The van der Waals surface area contributed by atoms with Gasteiger partial charge in [-0.25, -0.2) is 4.79 Å². The Morgan fingerprint density at radius 3 is 2.56 bits per heavy atom. The Morgan fingerprint density at radius 2 is 2.00 bits per heavy atom. The first-order valence-electron chi connectivity index (χ1n) is 6.07. The summed E-state index contributed by atoms with van der Waals surface area (Å²) < 4.78 is 9.90. The zero-order valence-electron chi connectivity index (χ0n) is 11.4. The lowest BCUT2D eigenvalue weighted by molar-refractivity contribution is -0.146. The fourth-order valence-electron chi connectivity index (χ4n) is 1.84. The number of alkyl carbamates (subject to hydrolysis) is 1. The molecule has 0 aromatic rings. The summed E-state index contributed by atoms with van der Waals surface area (Å²) in [6.45, 7) is 5.38. The van der Waals surface area contributed by atoms with Crippen molar-refractivity contribution in [2.75, 3.05) is 7.11 Å². The van der Waals surface area contributed by atoms with E-state index >= 15 is 0 Å². The highest BCUT2D eigenvalue weighted by Gasteiger charge is 2.31. The summed E-state index contributed by atoms with van der Waals surface area (Å²) in [5.74, 6) is -0.645. The van der Waals surface area contributed by atoms with E-state index in [-0.39, 0.29) is 17.9 Å². The van der Waals surface area contributed by atoms with Crippen LogP contribution in [0.1, 0.15) is 33.6 Å². The molecule has 0 fully saturated rings. The van der Waals surface area contributed by atoms with Gasteiger partial charge in [0.05, 0.1) is 19.1 Å². The van der Waals surface area contributed by atoms with Crippen LogP contribution in [0.15, 0.2) is 12.2 Å². The van der Waals surface area contributed by atoms with Crippen LogP contribution in [0.25, 0.3) is 0 Å². The molecule has 0 saturated carbocycles. The third-order valence-corrected chi connectivity index (χ3v) is 2.61. The van der Waals surface area contributed by atoms with Crippen molar-refractivity contribution in [3.05, 3.63) is 12.2 Å². The molecule has 1 amide bonds. The molecule has 0 aromatic carbocycles. The first-order valence-corrected chi connectivity index (χ1v) is 6.07. The Balaban J connectivity index is 2.62. The summed E-state index contributed by atoms with van der Waals surface area (Å²) in [5, 5.41) is 2.69. The van der Waals surface area contributed by atoms with Crippen LogP contribution in [0.4, 0.5) is 4.79 Å². The smallest absolute Gasteiger partial charge is 0.408 e. The van der Waals surface area contributed by atoms with Gasteiger partial charge in [0, 0.05) is 0 Å². The van der Waals surface area contributed by atoms with Crippen LogP contribution in [0, 0.1) is 5.92 Å². The maximum Gasteiger partial charge on any atom is 0.408 e. The van der Waals surface area contributed by atoms with E-state index < -0.39 is 11.7 Å². The molecule has 0 aliphatic heterocycles. The second-order valence-electron chi connectivity index (χ2n) is 5.31. The number of amides is 1. The predicted octanol–water partition coefficient (Wildman–Crippen LogP) is 2.02. The number of rotatable bonds is 2.